The maximum absolute atomic E-state index is 10.1. The number of hydrogen-bond acceptors (Lipinski definition) is 2. The van der Waals surface area contributed by atoms with Crippen LogP contribution in [0.4, 0.5) is 0 Å². The van der Waals surface area contributed by atoms with E-state index >= 15 is 0 Å². The first-order chi connectivity index (χ1) is 14.8. The number of phenolic OH excluding ortho intramolecular Hbond substituents is 1. The molecule has 1 N–H and O–H groups in total. The summed E-state index contributed by atoms with van der Waals surface area (Å²) in [5, 5.41) is 10.1. The van der Waals surface area contributed by atoms with Gasteiger partial charge in [0.05, 0.1) is 17.7 Å². The third kappa shape index (κ3) is 3.63. The molecule has 4 aromatic rings. The molecule has 0 aliphatic heterocycles. The zero-order valence-corrected chi connectivity index (χ0v) is 17.0. The van der Waals surface area contributed by atoms with Crippen molar-refractivity contribution < 1.29 is 5.11 Å². The van der Waals surface area contributed by atoms with Gasteiger partial charge in [-0.2, -0.15) is 0 Å². The highest BCUT2D eigenvalue weighted by Crippen LogP contribution is 2.35. The van der Waals surface area contributed by atoms with Crippen molar-refractivity contribution in [1.29, 1.82) is 0 Å². The van der Waals surface area contributed by atoms with E-state index in [1.165, 1.54) is 16.8 Å². The Balaban J connectivity index is 1.41. The van der Waals surface area contributed by atoms with Gasteiger partial charge in [0.2, 0.25) is 0 Å². The predicted molar refractivity (Wildman–Crippen MR) is 121 cm³/mol. The lowest BCUT2D eigenvalue weighted by molar-refractivity contribution is 0.389. The average Bonchev–Trinajstić information content (AvgIpc) is 3.23. The lowest BCUT2D eigenvalue weighted by Gasteiger charge is -2.25. The Labute approximate surface area is 177 Å². The summed E-state index contributed by atoms with van der Waals surface area (Å²) < 4.78 is 2.32. The molecule has 0 radical (unpaired) electrons. The highest BCUT2D eigenvalue weighted by molar-refractivity contribution is 5.78. The zero-order chi connectivity index (χ0) is 20.3. The van der Waals surface area contributed by atoms with Gasteiger partial charge in [0.1, 0.15) is 5.75 Å². The largest absolute Gasteiger partial charge is 0.508 e. The second-order valence-corrected chi connectivity index (χ2v) is 8.18. The Morgan fingerprint density at radius 1 is 0.867 bits per heavy atom. The minimum atomic E-state index is 0.458. The van der Waals surface area contributed by atoms with Crippen LogP contribution in [0, 0.1) is 5.92 Å². The van der Waals surface area contributed by atoms with Gasteiger partial charge in [-0.25, -0.2) is 4.98 Å². The number of phenols is 1. The van der Waals surface area contributed by atoms with Crippen LogP contribution in [0.25, 0.3) is 22.5 Å². The number of imidazole rings is 1. The molecule has 0 fully saturated rings. The summed E-state index contributed by atoms with van der Waals surface area (Å²) in [5.41, 5.74) is 7.04. The Morgan fingerprint density at radius 3 is 2.37 bits per heavy atom. The number of aromatic nitrogens is 2. The van der Waals surface area contributed by atoms with Crippen molar-refractivity contribution in [2.45, 2.75) is 32.2 Å². The van der Waals surface area contributed by atoms with E-state index in [1.807, 2.05) is 24.5 Å². The van der Waals surface area contributed by atoms with Crippen LogP contribution in [0.15, 0.2) is 85.2 Å². The van der Waals surface area contributed by atoms with Crippen molar-refractivity contribution in [2.24, 2.45) is 5.92 Å². The number of aromatic hydroxyl groups is 1. The summed E-state index contributed by atoms with van der Waals surface area (Å²) in [4.78, 5) is 4.80. The van der Waals surface area contributed by atoms with Crippen LogP contribution in [0.3, 0.4) is 0 Å². The van der Waals surface area contributed by atoms with Crippen molar-refractivity contribution in [3.05, 3.63) is 96.3 Å². The van der Waals surface area contributed by atoms with E-state index in [0.717, 1.165) is 49.0 Å². The molecule has 1 heterocycles. The molecule has 5 rings (SSSR count). The molecule has 1 atom stereocenters. The van der Waals surface area contributed by atoms with Crippen LogP contribution >= 0.6 is 0 Å². The predicted octanol–water partition coefficient (Wildman–Crippen LogP) is 6.12. The second kappa shape index (κ2) is 8.19. The molecule has 1 aliphatic rings. The molecule has 3 heteroatoms. The molecule has 0 bridgehead atoms. The summed E-state index contributed by atoms with van der Waals surface area (Å²) in [7, 11) is 0. The second-order valence-electron chi connectivity index (χ2n) is 8.18. The van der Waals surface area contributed by atoms with Gasteiger partial charge in [0.15, 0.2) is 0 Å². The van der Waals surface area contributed by atoms with Crippen LogP contribution < -0.4 is 0 Å². The fourth-order valence-corrected chi connectivity index (χ4v) is 4.69. The summed E-state index contributed by atoms with van der Waals surface area (Å²) >= 11 is 0. The van der Waals surface area contributed by atoms with Crippen LogP contribution in [-0.2, 0) is 19.4 Å². The molecule has 0 saturated carbocycles. The zero-order valence-electron chi connectivity index (χ0n) is 17.0. The van der Waals surface area contributed by atoms with Crippen LogP contribution in [0.5, 0.6) is 5.75 Å². The van der Waals surface area contributed by atoms with Crippen LogP contribution in [-0.4, -0.2) is 14.7 Å². The van der Waals surface area contributed by atoms with Crippen molar-refractivity contribution in [3.63, 3.8) is 0 Å². The number of aryl methyl sites for hydroxylation is 1. The maximum atomic E-state index is 10.1. The molecule has 150 valence electrons. The van der Waals surface area contributed by atoms with E-state index in [-0.39, 0.29) is 0 Å². The number of nitrogens with zero attached hydrogens (tertiary/aromatic N) is 2. The first-order valence-electron chi connectivity index (χ1n) is 10.8. The fraction of sp³-hybridized carbons (Fsp3) is 0.222. The van der Waals surface area contributed by atoms with E-state index in [9.17, 15) is 5.11 Å². The van der Waals surface area contributed by atoms with E-state index < -0.39 is 0 Å². The summed E-state index contributed by atoms with van der Waals surface area (Å²) in [6, 6.07) is 26.9. The highest BCUT2D eigenvalue weighted by Gasteiger charge is 2.22. The molecule has 0 saturated heterocycles. The van der Waals surface area contributed by atoms with Gasteiger partial charge < -0.3 is 9.67 Å². The van der Waals surface area contributed by atoms with Crippen LogP contribution in [0.1, 0.15) is 24.0 Å². The number of benzene rings is 3. The molecule has 0 spiro atoms. The number of rotatable bonds is 5. The fourth-order valence-electron chi connectivity index (χ4n) is 4.69. The van der Waals surface area contributed by atoms with Gasteiger partial charge in [-0.1, -0.05) is 72.8 Å². The minimum Gasteiger partial charge on any atom is -0.508 e. The standard InChI is InChI=1S/C27H26N2O/c30-25-13-7-12-23-18-20(14-15-24(23)25)16-17-29-19-28-26(21-8-3-1-4-9-21)27(29)22-10-5-2-6-11-22/h1-13,19-20,30H,14-18H2. The molecule has 1 unspecified atom stereocenters. The molecular formula is C27H26N2O. The van der Waals surface area contributed by atoms with Gasteiger partial charge in [-0.15, -0.1) is 0 Å². The van der Waals surface area contributed by atoms with E-state index in [0.29, 0.717) is 11.7 Å². The molecule has 0 amide bonds. The Hall–Kier alpha value is -3.33. The SMILES string of the molecule is Oc1cccc2c1CCC(CCn1cnc(-c3ccccc3)c1-c1ccccc1)C2. The van der Waals surface area contributed by atoms with Gasteiger partial charge in [0, 0.05) is 17.7 Å². The molecular weight excluding hydrogens is 368 g/mol. The van der Waals surface area contributed by atoms with E-state index in [1.54, 1.807) is 0 Å². The Morgan fingerprint density at radius 2 is 1.60 bits per heavy atom. The van der Waals surface area contributed by atoms with Crippen molar-refractivity contribution in [3.8, 4) is 28.3 Å². The van der Waals surface area contributed by atoms with Gasteiger partial charge >= 0.3 is 0 Å². The van der Waals surface area contributed by atoms with Crippen molar-refractivity contribution >= 4 is 0 Å². The summed E-state index contributed by atoms with van der Waals surface area (Å²) in [6.45, 7) is 0.947. The number of fused-ring (bicyclic) bond motifs is 1. The minimum absolute atomic E-state index is 0.458. The molecule has 1 aromatic heterocycles. The normalized spacial score (nSPS) is 15.7. The first kappa shape index (κ1) is 18.7. The monoisotopic (exact) mass is 394 g/mol. The van der Waals surface area contributed by atoms with E-state index in [4.69, 9.17) is 4.98 Å². The Kier molecular flexibility index (Phi) is 5.10. The smallest absolute Gasteiger partial charge is 0.119 e. The quantitative estimate of drug-likeness (QED) is 0.443. The van der Waals surface area contributed by atoms with Crippen molar-refractivity contribution in [1.82, 2.24) is 9.55 Å². The topological polar surface area (TPSA) is 38.0 Å². The Bertz CT molecular complexity index is 1130. The number of hydrogen-bond donors (Lipinski definition) is 1. The van der Waals surface area contributed by atoms with Crippen LogP contribution in [0.2, 0.25) is 0 Å². The maximum Gasteiger partial charge on any atom is 0.119 e. The molecule has 1 aliphatic carbocycles. The lowest BCUT2D eigenvalue weighted by atomic mass is 9.82. The third-order valence-electron chi connectivity index (χ3n) is 6.27. The average molecular weight is 395 g/mol. The summed E-state index contributed by atoms with van der Waals surface area (Å²) in [5.74, 6) is 1.09. The van der Waals surface area contributed by atoms with Gasteiger partial charge in [0.25, 0.3) is 0 Å². The van der Waals surface area contributed by atoms with Gasteiger partial charge in [-0.05, 0) is 48.8 Å². The van der Waals surface area contributed by atoms with Crippen molar-refractivity contribution in [2.75, 3.05) is 0 Å². The molecule has 3 aromatic carbocycles. The van der Waals surface area contributed by atoms with Gasteiger partial charge in [-0.3, -0.25) is 0 Å². The lowest BCUT2D eigenvalue weighted by Crippen LogP contribution is -2.16. The van der Waals surface area contributed by atoms with E-state index in [2.05, 4.69) is 65.2 Å². The summed E-state index contributed by atoms with van der Waals surface area (Å²) in [6.07, 6.45) is 6.25. The highest BCUT2D eigenvalue weighted by atomic mass is 16.3. The first-order valence-corrected chi connectivity index (χ1v) is 10.8. The molecule has 3 nitrogen and oxygen atoms in total. The molecule has 30 heavy (non-hydrogen) atoms. The third-order valence-corrected chi connectivity index (χ3v) is 6.27.